The van der Waals surface area contributed by atoms with Crippen molar-refractivity contribution in [3.8, 4) is 5.75 Å². The quantitative estimate of drug-likeness (QED) is 0.811. The molecule has 0 aliphatic rings. The van der Waals surface area contributed by atoms with E-state index < -0.39 is 12.0 Å². The third kappa shape index (κ3) is 5.17. The van der Waals surface area contributed by atoms with Gasteiger partial charge in [-0.15, -0.1) is 0 Å². The maximum absolute atomic E-state index is 11.5. The molecule has 0 saturated heterocycles. The monoisotopic (exact) mass is 330 g/mol. The number of benzene rings is 1. The van der Waals surface area contributed by atoms with Gasteiger partial charge in [0.05, 0.1) is 18.2 Å². The van der Waals surface area contributed by atoms with E-state index in [9.17, 15) is 9.59 Å². The Morgan fingerprint density at radius 3 is 2.68 bits per heavy atom. The lowest BCUT2D eigenvalue weighted by Gasteiger charge is -2.09. The molecule has 0 unspecified atom stereocenters. The first kappa shape index (κ1) is 15.3. The summed E-state index contributed by atoms with van der Waals surface area (Å²) in [7, 11) is 1.55. The minimum absolute atomic E-state index is 0.170. The van der Waals surface area contributed by atoms with Crippen molar-refractivity contribution < 1.29 is 19.1 Å². The first-order valence-electron chi connectivity index (χ1n) is 5.60. The number of nitrogens with one attached hydrogen (secondary N) is 2. The molecule has 0 aliphatic heterocycles. The van der Waals surface area contributed by atoms with Gasteiger partial charge < -0.3 is 20.1 Å². The van der Waals surface area contributed by atoms with Crippen LogP contribution in [0, 0.1) is 0 Å². The fourth-order valence-corrected chi connectivity index (χ4v) is 1.82. The van der Waals surface area contributed by atoms with Crippen molar-refractivity contribution in [2.75, 3.05) is 25.6 Å². The highest BCUT2D eigenvalue weighted by Gasteiger charge is 2.07. The van der Waals surface area contributed by atoms with Crippen LogP contribution < -0.4 is 15.4 Å². The summed E-state index contributed by atoms with van der Waals surface area (Å²) in [5, 5.41) is 4.98. The third-order valence-electron chi connectivity index (χ3n) is 2.11. The Hall–Kier alpha value is -1.76. The van der Waals surface area contributed by atoms with Crippen LogP contribution in [0.2, 0.25) is 0 Å². The molecular formula is C12H15BrN2O4. The summed E-state index contributed by atoms with van der Waals surface area (Å²) in [4.78, 5) is 22.6. The van der Waals surface area contributed by atoms with Crippen molar-refractivity contribution in [1.82, 2.24) is 5.32 Å². The molecule has 1 rings (SSSR count). The van der Waals surface area contributed by atoms with Crippen LogP contribution in [-0.4, -0.2) is 32.3 Å². The number of ether oxygens (including phenoxy) is 2. The zero-order chi connectivity index (χ0) is 14.3. The summed E-state index contributed by atoms with van der Waals surface area (Å²) in [6, 6.07) is 4.62. The van der Waals surface area contributed by atoms with Crippen molar-refractivity contribution >= 4 is 33.6 Å². The minimum atomic E-state index is -0.481. The molecule has 2 N–H and O–H groups in total. The molecule has 0 saturated carbocycles. The highest BCUT2D eigenvalue weighted by Crippen LogP contribution is 2.27. The number of esters is 1. The smallest absolute Gasteiger partial charge is 0.325 e. The average Bonchev–Trinajstić information content (AvgIpc) is 2.37. The Kier molecular flexibility index (Phi) is 6.14. The molecule has 0 spiro atoms. The van der Waals surface area contributed by atoms with Crippen LogP contribution in [-0.2, 0) is 9.53 Å². The molecular weight excluding hydrogens is 316 g/mol. The first-order valence-corrected chi connectivity index (χ1v) is 6.40. The zero-order valence-electron chi connectivity index (χ0n) is 10.7. The molecule has 0 radical (unpaired) electrons. The van der Waals surface area contributed by atoms with E-state index in [2.05, 4.69) is 31.3 Å². The average molecular weight is 331 g/mol. The molecule has 0 atom stereocenters. The lowest BCUT2D eigenvalue weighted by molar-refractivity contribution is -0.141. The van der Waals surface area contributed by atoms with Gasteiger partial charge in [0.15, 0.2) is 0 Å². The van der Waals surface area contributed by atoms with Crippen molar-refractivity contribution in [2.24, 2.45) is 0 Å². The van der Waals surface area contributed by atoms with Gasteiger partial charge in [0.2, 0.25) is 0 Å². The minimum Gasteiger partial charge on any atom is -0.496 e. The Bertz CT molecular complexity index is 465. The van der Waals surface area contributed by atoms with E-state index in [1.54, 1.807) is 32.2 Å². The van der Waals surface area contributed by atoms with Crippen molar-refractivity contribution in [3.05, 3.63) is 22.7 Å². The molecule has 6 nitrogen and oxygen atoms in total. The van der Waals surface area contributed by atoms with Crippen LogP contribution >= 0.6 is 15.9 Å². The topological polar surface area (TPSA) is 76.7 Å². The summed E-state index contributed by atoms with van der Waals surface area (Å²) in [5.74, 6) is 0.186. The maximum atomic E-state index is 11.5. The molecule has 0 bridgehead atoms. The summed E-state index contributed by atoms with van der Waals surface area (Å²) in [6.45, 7) is 1.82. The van der Waals surface area contributed by atoms with E-state index in [1.165, 1.54) is 0 Å². The molecule has 1 aromatic rings. The van der Waals surface area contributed by atoms with E-state index in [0.717, 1.165) is 4.47 Å². The summed E-state index contributed by atoms with van der Waals surface area (Å²) in [5.41, 5.74) is 0.578. The van der Waals surface area contributed by atoms with Gasteiger partial charge in [-0.3, -0.25) is 4.79 Å². The lowest BCUT2D eigenvalue weighted by atomic mass is 10.3. The van der Waals surface area contributed by atoms with Crippen LogP contribution in [0.3, 0.4) is 0 Å². The summed E-state index contributed by atoms with van der Waals surface area (Å²) >= 11 is 3.31. The second-order valence-corrected chi connectivity index (χ2v) is 4.32. The van der Waals surface area contributed by atoms with E-state index in [-0.39, 0.29) is 13.2 Å². The number of methoxy groups -OCH3 is 1. The van der Waals surface area contributed by atoms with Crippen LogP contribution in [0.5, 0.6) is 5.75 Å². The van der Waals surface area contributed by atoms with Crippen LogP contribution in [0.25, 0.3) is 0 Å². The van der Waals surface area contributed by atoms with Crippen molar-refractivity contribution in [3.63, 3.8) is 0 Å². The molecule has 2 amide bonds. The zero-order valence-corrected chi connectivity index (χ0v) is 12.2. The lowest BCUT2D eigenvalue weighted by Crippen LogP contribution is -2.34. The number of rotatable bonds is 5. The number of halogens is 1. The second kappa shape index (κ2) is 7.63. The largest absolute Gasteiger partial charge is 0.496 e. The summed E-state index contributed by atoms with van der Waals surface area (Å²) in [6.07, 6.45) is 0. The Morgan fingerprint density at radius 1 is 1.37 bits per heavy atom. The molecule has 0 fully saturated rings. The van der Waals surface area contributed by atoms with Gasteiger partial charge in [0, 0.05) is 5.69 Å². The van der Waals surface area contributed by atoms with Crippen LogP contribution in [0.1, 0.15) is 6.92 Å². The number of amides is 2. The number of carbonyl (C=O) groups excluding carboxylic acids is 2. The van der Waals surface area contributed by atoms with E-state index in [4.69, 9.17) is 4.74 Å². The normalized spacial score (nSPS) is 9.63. The van der Waals surface area contributed by atoms with E-state index in [1.807, 2.05) is 0 Å². The molecule has 1 aromatic carbocycles. The van der Waals surface area contributed by atoms with Gasteiger partial charge in [-0.25, -0.2) is 4.79 Å². The Morgan fingerprint density at radius 2 is 2.11 bits per heavy atom. The van der Waals surface area contributed by atoms with E-state index in [0.29, 0.717) is 11.4 Å². The van der Waals surface area contributed by atoms with Gasteiger partial charge in [-0.05, 0) is 41.1 Å². The third-order valence-corrected chi connectivity index (χ3v) is 2.73. The summed E-state index contributed by atoms with van der Waals surface area (Å²) < 4.78 is 10.5. The van der Waals surface area contributed by atoms with Crippen LogP contribution in [0.4, 0.5) is 10.5 Å². The van der Waals surface area contributed by atoms with Crippen molar-refractivity contribution in [1.29, 1.82) is 0 Å². The van der Waals surface area contributed by atoms with Gasteiger partial charge in [0.1, 0.15) is 12.3 Å². The van der Waals surface area contributed by atoms with Crippen LogP contribution in [0.15, 0.2) is 22.7 Å². The fraction of sp³-hybridized carbons (Fsp3) is 0.333. The van der Waals surface area contributed by atoms with Gasteiger partial charge >= 0.3 is 12.0 Å². The maximum Gasteiger partial charge on any atom is 0.325 e. The predicted octanol–water partition coefficient (Wildman–Crippen LogP) is 2.14. The molecule has 0 aliphatic carbocycles. The Labute approximate surface area is 119 Å². The number of urea groups is 1. The van der Waals surface area contributed by atoms with Crippen molar-refractivity contribution in [2.45, 2.75) is 6.92 Å². The molecule has 19 heavy (non-hydrogen) atoms. The SMILES string of the molecule is CCOC(=O)CNC(=O)Nc1ccc(OC)c(Br)c1. The van der Waals surface area contributed by atoms with Gasteiger partial charge in [-0.1, -0.05) is 0 Å². The standard InChI is InChI=1S/C12H15BrN2O4/c1-3-19-11(16)7-14-12(17)15-8-4-5-10(18-2)9(13)6-8/h4-6H,3,7H2,1-2H3,(H2,14,15,17). The fourth-order valence-electron chi connectivity index (χ4n) is 1.28. The first-order chi connectivity index (χ1) is 9.06. The highest BCUT2D eigenvalue weighted by molar-refractivity contribution is 9.10. The molecule has 0 aromatic heterocycles. The number of hydrogen-bond acceptors (Lipinski definition) is 4. The van der Waals surface area contributed by atoms with Gasteiger partial charge in [0.25, 0.3) is 0 Å². The number of carbonyl (C=O) groups is 2. The van der Waals surface area contributed by atoms with Gasteiger partial charge in [-0.2, -0.15) is 0 Å². The van der Waals surface area contributed by atoms with E-state index >= 15 is 0 Å². The molecule has 7 heteroatoms. The number of anilines is 1. The Balaban J connectivity index is 2.48. The second-order valence-electron chi connectivity index (χ2n) is 3.46. The molecule has 0 heterocycles. The predicted molar refractivity (Wildman–Crippen MR) is 74.3 cm³/mol. The number of hydrogen-bond donors (Lipinski definition) is 2. The molecule has 104 valence electrons. The highest BCUT2D eigenvalue weighted by atomic mass is 79.9.